The lowest BCUT2D eigenvalue weighted by molar-refractivity contribution is -0.124. The second kappa shape index (κ2) is 9.45. The van der Waals surface area contributed by atoms with E-state index in [0.29, 0.717) is 5.13 Å². The molecule has 32 heavy (non-hydrogen) atoms. The highest BCUT2D eigenvalue weighted by Crippen LogP contribution is 2.42. The number of aryl methyl sites for hydroxylation is 1. The molecule has 1 N–H and O–H groups in total. The van der Waals surface area contributed by atoms with Gasteiger partial charge in [0.2, 0.25) is 11.0 Å². The minimum Gasteiger partial charge on any atom is -0.300 e. The third-order valence-corrected chi connectivity index (χ3v) is 6.57. The minimum absolute atomic E-state index is 0.0812. The Morgan fingerprint density at radius 3 is 2.06 bits per heavy atom. The van der Waals surface area contributed by atoms with Gasteiger partial charge >= 0.3 is 0 Å². The Bertz CT molecular complexity index is 1150. The van der Waals surface area contributed by atoms with Gasteiger partial charge in [-0.15, -0.1) is 10.2 Å². The molecule has 1 aromatic heterocycles. The molecule has 1 amide bonds. The summed E-state index contributed by atoms with van der Waals surface area (Å²) >= 11 is 1.32. The highest BCUT2D eigenvalue weighted by atomic mass is 32.1. The number of anilines is 1. The zero-order chi connectivity index (χ0) is 22.6. The number of nitrogens with one attached hydrogen (secondary N) is 1. The van der Waals surface area contributed by atoms with Crippen molar-refractivity contribution in [1.82, 2.24) is 10.2 Å². The summed E-state index contributed by atoms with van der Waals surface area (Å²) in [5, 5.41) is 11.2. The lowest BCUT2D eigenvalue weighted by Crippen LogP contribution is -2.37. The zero-order valence-electron chi connectivity index (χ0n) is 18.6. The standard InChI is InChI=1S/C27H27N3OS/c1-4-19-10-12-20(13-11-19)21-14-16-23(17-15-21)24(22-8-6-5-7-9-22)27(2,3)25(31)29-26-30-28-18-32-26/h5-18,24H,4H2,1-3H3,(H,29,30,31). The van der Waals surface area contributed by atoms with Gasteiger partial charge in [0, 0.05) is 5.92 Å². The Labute approximate surface area is 193 Å². The molecule has 162 valence electrons. The van der Waals surface area contributed by atoms with Crippen LogP contribution in [0.1, 0.15) is 43.4 Å². The molecule has 0 aliphatic rings. The molecule has 1 unspecified atom stereocenters. The van der Waals surface area contributed by atoms with Crippen LogP contribution in [0.25, 0.3) is 11.1 Å². The van der Waals surface area contributed by atoms with Gasteiger partial charge in [-0.2, -0.15) is 0 Å². The third kappa shape index (κ3) is 4.63. The summed E-state index contributed by atoms with van der Waals surface area (Å²) in [7, 11) is 0. The van der Waals surface area contributed by atoms with Crippen LogP contribution in [0.3, 0.4) is 0 Å². The van der Waals surface area contributed by atoms with Gasteiger partial charge in [0.1, 0.15) is 5.51 Å². The van der Waals surface area contributed by atoms with E-state index in [0.717, 1.165) is 17.5 Å². The maximum Gasteiger partial charge on any atom is 0.232 e. The molecule has 0 spiro atoms. The van der Waals surface area contributed by atoms with Crippen molar-refractivity contribution in [3.05, 3.63) is 101 Å². The first-order valence-electron chi connectivity index (χ1n) is 10.8. The summed E-state index contributed by atoms with van der Waals surface area (Å²) in [4.78, 5) is 13.3. The highest BCUT2D eigenvalue weighted by molar-refractivity contribution is 7.13. The number of benzene rings is 3. The summed E-state index contributed by atoms with van der Waals surface area (Å²) in [6, 6.07) is 27.5. The van der Waals surface area contributed by atoms with Gasteiger partial charge in [-0.25, -0.2) is 0 Å². The molecular weight excluding hydrogens is 414 g/mol. The van der Waals surface area contributed by atoms with Crippen LogP contribution in [0.15, 0.2) is 84.4 Å². The monoisotopic (exact) mass is 441 g/mol. The van der Waals surface area contributed by atoms with Gasteiger partial charge in [-0.05, 0) is 34.2 Å². The van der Waals surface area contributed by atoms with Crippen molar-refractivity contribution in [3.8, 4) is 11.1 Å². The van der Waals surface area contributed by atoms with Crippen LogP contribution in [0.2, 0.25) is 0 Å². The molecule has 4 rings (SSSR count). The molecule has 0 aliphatic carbocycles. The van der Waals surface area contributed by atoms with Crippen LogP contribution in [-0.2, 0) is 11.2 Å². The van der Waals surface area contributed by atoms with Crippen LogP contribution >= 0.6 is 11.3 Å². The number of carbonyl (C=O) groups is 1. The second-order valence-corrected chi connectivity index (χ2v) is 9.27. The fraction of sp³-hybridized carbons (Fsp3) is 0.222. The number of amides is 1. The average molecular weight is 442 g/mol. The molecule has 0 fully saturated rings. The summed E-state index contributed by atoms with van der Waals surface area (Å²) in [5.74, 6) is -0.199. The SMILES string of the molecule is CCc1ccc(-c2ccc(C(c3ccccc3)C(C)(C)C(=O)Nc3nncs3)cc2)cc1. The Kier molecular flexibility index (Phi) is 6.47. The Morgan fingerprint density at radius 2 is 1.50 bits per heavy atom. The summed E-state index contributed by atoms with van der Waals surface area (Å²) in [5.41, 5.74) is 6.79. The molecular formula is C27H27N3OS. The van der Waals surface area contributed by atoms with Crippen molar-refractivity contribution in [1.29, 1.82) is 0 Å². The zero-order valence-corrected chi connectivity index (χ0v) is 19.4. The van der Waals surface area contributed by atoms with Crippen molar-refractivity contribution < 1.29 is 4.79 Å². The van der Waals surface area contributed by atoms with Gasteiger partial charge < -0.3 is 5.32 Å². The van der Waals surface area contributed by atoms with Crippen LogP contribution in [0.4, 0.5) is 5.13 Å². The molecule has 4 aromatic rings. The number of hydrogen-bond acceptors (Lipinski definition) is 4. The van der Waals surface area contributed by atoms with Crippen LogP contribution in [0.5, 0.6) is 0 Å². The maximum atomic E-state index is 13.3. The molecule has 3 aromatic carbocycles. The molecule has 0 aliphatic heterocycles. The molecule has 1 heterocycles. The smallest absolute Gasteiger partial charge is 0.232 e. The molecule has 0 saturated heterocycles. The summed E-state index contributed by atoms with van der Waals surface area (Å²) in [6.07, 6.45) is 1.03. The fourth-order valence-corrected chi connectivity index (χ4v) is 4.53. The van der Waals surface area contributed by atoms with Crippen molar-refractivity contribution in [2.45, 2.75) is 33.1 Å². The first-order valence-corrected chi connectivity index (χ1v) is 11.7. The van der Waals surface area contributed by atoms with Gasteiger partial charge in [0.15, 0.2) is 0 Å². The van der Waals surface area contributed by atoms with E-state index in [1.54, 1.807) is 5.51 Å². The summed E-state index contributed by atoms with van der Waals surface area (Å²) in [6.45, 7) is 6.13. The fourth-order valence-electron chi connectivity index (χ4n) is 4.09. The minimum atomic E-state index is -0.711. The molecule has 4 nitrogen and oxygen atoms in total. The molecule has 0 radical (unpaired) electrons. The van der Waals surface area contributed by atoms with E-state index in [9.17, 15) is 4.79 Å². The van der Waals surface area contributed by atoms with Crippen LogP contribution in [0, 0.1) is 5.41 Å². The lowest BCUT2D eigenvalue weighted by atomic mass is 9.70. The first-order chi connectivity index (χ1) is 15.5. The number of aromatic nitrogens is 2. The number of nitrogens with zero attached hydrogens (tertiary/aromatic N) is 2. The molecule has 0 bridgehead atoms. The van der Waals surface area contributed by atoms with Crippen molar-refractivity contribution in [3.63, 3.8) is 0 Å². The molecule has 0 saturated carbocycles. The van der Waals surface area contributed by atoms with Gasteiger partial charge in [0.05, 0.1) is 5.41 Å². The number of hydrogen-bond donors (Lipinski definition) is 1. The van der Waals surface area contributed by atoms with E-state index in [2.05, 4.69) is 83.1 Å². The van der Waals surface area contributed by atoms with E-state index in [4.69, 9.17) is 0 Å². The number of carbonyl (C=O) groups excluding carboxylic acids is 1. The topological polar surface area (TPSA) is 54.9 Å². The second-order valence-electron chi connectivity index (χ2n) is 8.44. The maximum absolute atomic E-state index is 13.3. The largest absolute Gasteiger partial charge is 0.300 e. The lowest BCUT2D eigenvalue weighted by Gasteiger charge is -2.33. The normalized spacial score (nSPS) is 12.3. The van der Waals surface area contributed by atoms with Crippen LogP contribution < -0.4 is 5.32 Å². The number of rotatable bonds is 7. The average Bonchev–Trinajstić information content (AvgIpc) is 3.33. The predicted molar refractivity (Wildman–Crippen MR) is 132 cm³/mol. The van der Waals surface area contributed by atoms with Crippen molar-refractivity contribution in [2.75, 3.05) is 5.32 Å². The first kappa shape index (κ1) is 21.9. The highest BCUT2D eigenvalue weighted by Gasteiger charge is 2.39. The van der Waals surface area contributed by atoms with E-state index in [1.165, 1.54) is 28.0 Å². The Balaban J connectivity index is 1.68. The molecule has 1 atom stereocenters. The predicted octanol–water partition coefficient (Wildman–Crippen LogP) is 6.56. The van der Waals surface area contributed by atoms with Gasteiger partial charge in [-0.3, -0.25) is 4.79 Å². The van der Waals surface area contributed by atoms with E-state index in [-0.39, 0.29) is 11.8 Å². The van der Waals surface area contributed by atoms with E-state index in [1.807, 2.05) is 32.0 Å². The Hall–Kier alpha value is -3.31. The van der Waals surface area contributed by atoms with E-state index < -0.39 is 5.41 Å². The Morgan fingerprint density at radius 1 is 0.906 bits per heavy atom. The molecule has 5 heteroatoms. The van der Waals surface area contributed by atoms with Crippen molar-refractivity contribution in [2.24, 2.45) is 5.41 Å². The van der Waals surface area contributed by atoms with E-state index >= 15 is 0 Å². The third-order valence-electron chi connectivity index (χ3n) is 5.96. The van der Waals surface area contributed by atoms with Crippen LogP contribution in [-0.4, -0.2) is 16.1 Å². The summed E-state index contributed by atoms with van der Waals surface area (Å²) < 4.78 is 0. The van der Waals surface area contributed by atoms with Gasteiger partial charge in [0.25, 0.3) is 0 Å². The quantitative estimate of drug-likeness (QED) is 0.353. The van der Waals surface area contributed by atoms with Crippen molar-refractivity contribution >= 4 is 22.4 Å². The van der Waals surface area contributed by atoms with Gasteiger partial charge in [-0.1, -0.05) is 111 Å².